The Kier molecular flexibility index (Phi) is 3.39. The van der Waals surface area contributed by atoms with Crippen molar-refractivity contribution in [1.29, 1.82) is 0 Å². The molecule has 18 heavy (non-hydrogen) atoms. The van der Waals surface area contributed by atoms with E-state index in [9.17, 15) is 4.79 Å². The summed E-state index contributed by atoms with van der Waals surface area (Å²) in [6, 6.07) is 6.18. The normalized spacial score (nSPS) is 17.9. The van der Waals surface area contributed by atoms with Gasteiger partial charge in [0.05, 0.1) is 6.54 Å². The number of nitrogens with zero attached hydrogens (tertiary/aromatic N) is 1. The maximum atomic E-state index is 12.2. The topological polar surface area (TPSA) is 32.3 Å². The molecule has 0 atom stereocenters. The van der Waals surface area contributed by atoms with Gasteiger partial charge in [0.25, 0.3) is 0 Å². The predicted molar refractivity (Wildman–Crippen MR) is 75.8 cm³/mol. The number of rotatable bonds is 4. The number of anilines is 1. The van der Waals surface area contributed by atoms with Gasteiger partial charge in [-0.1, -0.05) is 22.0 Å². The molecular weight excluding hydrogens is 292 g/mol. The number of nitrogens with one attached hydrogen (secondary N) is 1. The van der Waals surface area contributed by atoms with Gasteiger partial charge < -0.3 is 10.2 Å². The molecule has 3 rings (SSSR count). The highest BCUT2D eigenvalue weighted by atomic mass is 79.9. The van der Waals surface area contributed by atoms with Crippen LogP contribution in [0.15, 0.2) is 22.7 Å². The molecule has 96 valence electrons. The van der Waals surface area contributed by atoms with Gasteiger partial charge in [-0.2, -0.15) is 0 Å². The molecule has 0 saturated heterocycles. The van der Waals surface area contributed by atoms with Crippen molar-refractivity contribution in [3.8, 4) is 0 Å². The van der Waals surface area contributed by atoms with E-state index in [1.807, 2.05) is 17.0 Å². The summed E-state index contributed by atoms with van der Waals surface area (Å²) in [6.45, 7) is 2.27. The monoisotopic (exact) mass is 308 g/mol. The Morgan fingerprint density at radius 3 is 3.06 bits per heavy atom. The van der Waals surface area contributed by atoms with Crippen LogP contribution in [0, 0.1) is 5.92 Å². The number of benzene rings is 1. The van der Waals surface area contributed by atoms with Gasteiger partial charge in [0.1, 0.15) is 0 Å². The number of fused-ring (bicyclic) bond motifs is 1. The number of halogens is 1. The predicted octanol–water partition coefficient (Wildman–Crippen LogP) is 2.34. The van der Waals surface area contributed by atoms with Crippen LogP contribution in [0.2, 0.25) is 0 Å². The smallest absolute Gasteiger partial charge is 0.240 e. The van der Waals surface area contributed by atoms with Crippen LogP contribution in [-0.2, 0) is 11.2 Å². The Morgan fingerprint density at radius 1 is 1.44 bits per heavy atom. The average molecular weight is 309 g/mol. The van der Waals surface area contributed by atoms with Crippen molar-refractivity contribution in [3.05, 3.63) is 28.2 Å². The molecule has 0 radical (unpaired) electrons. The zero-order valence-corrected chi connectivity index (χ0v) is 11.9. The zero-order chi connectivity index (χ0) is 12.5. The Labute approximate surface area is 116 Å². The lowest BCUT2D eigenvalue weighted by atomic mass is 10.2. The number of amides is 1. The SMILES string of the molecule is O=C(CNCC1CC1)N1CCc2ccc(Br)cc21. The van der Waals surface area contributed by atoms with Gasteiger partial charge in [-0.05, 0) is 49.4 Å². The molecule has 4 heteroatoms. The number of carbonyl (C=O) groups is 1. The second-order valence-electron chi connectivity index (χ2n) is 5.14. The molecule has 1 aliphatic carbocycles. The van der Waals surface area contributed by atoms with E-state index in [1.54, 1.807) is 0 Å². The summed E-state index contributed by atoms with van der Waals surface area (Å²) in [5, 5.41) is 3.27. The second kappa shape index (κ2) is 5.02. The highest BCUT2D eigenvalue weighted by molar-refractivity contribution is 9.10. The highest BCUT2D eigenvalue weighted by Gasteiger charge is 2.25. The maximum Gasteiger partial charge on any atom is 0.240 e. The third kappa shape index (κ3) is 2.59. The highest BCUT2D eigenvalue weighted by Crippen LogP contribution is 2.31. The molecule has 1 aliphatic heterocycles. The minimum Gasteiger partial charge on any atom is -0.311 e. The van der Waals surface area contributed by atoms with Gasteiger partial charge >= 0.3 is 0 Å². The summed E-state index contributed by atoms with van der Waals surface area (Å²) in [6.07, 6.45) is 3.61. The van der Waals surface area contributed by atoms with Crippen molar-refractivity contribution in [2.24, 2.45) is 5.92 Å². The van der Waals surface area contributed by atoms with Crippen LogP contribution >= 0.6 is 15.9 Å². The first kappa shape index (κ1) is 12.2. The third-order valence-corrected chi connectivity index (χ3v) is 4.14. The van der Waals surface area contributed by atoms with E-state index in [0.29, 0.717) is 6.54 Å². The fourth-order valence-electron chi connectivity index (χ4n) is 2.41. The Hall–Kier alpha value is -0.870. The number of hydrogen-bond donors (Lipinski definition) is 1. The fourth-order valence-corrected chi connectivity index (χ4v) is 2.76. The lowest BCUT2D eigenvalue weighted by Gasteiger charge is -2.17. The molecule has 1 saturated carbocycles. The molecular formula is C14H17BrN2O. The second-order valence-corrected chi connectivity index (χ2v) is 6.06. The summed E-state index contributed by atoms with van der Waals surface area (Å²) < 4.78 is 1.03. The van der Waals surface area contributed by atoms with Crippen molar-refractivity contribution in [3.63, 3.8) is 0 Å². The van der Waals surface area contributed by atoms with Gasteiger partial charge in [0.2, 0.25) is 5.91 Å². The number of carbonyl (C=O) groups excluding carboxylic acids is 1. The van der Waals surface area contributed by atoms with E-state index in [4.69, 9.17) is 0 Å². The molecule has 2 aliphatic rings. The molecule has 1 heterocycles. The van der Waals surface area contributed by atoms with Crippen LogP contribution in [0.1, 0.15) is 18.4 Å². The minimum atomic E-state index is 0.188. The van der Waals surface area contributed by atoms with E-state index in [0.717, 1.165) is 35.6 Å². The molecule has 1 fully saturated rings. The molecule has 1 amide bonds. The lowest BCUT2D eigenvalue weighted by molar-refractivity contribution is -0.117. The summed E-state index contributed by atoms with van der Waals surface area (Å²) in [4.78, 5) is 14.1. The molecule has 0 unspecified atom stereocenters. The van der Waals surface area contributed by atoms with Crippen LogP contribution in [0.25, 0.3) is 0 Å². The van der Waals surface area contributed by atoms with E-state index >= 15 is 0 Å². The van der Waals surface area contributed by atoms with E-state index in [-0.39, 0.29) is 5.91 Å². The minimum absolute atomic E-state index is 0.188. The van der Waals surface area contributed by atoms with Gasteiger partial charge in [-0.3, -0.25) is 4.79 Å². The largest absolute Gasteiger partial charge is 0.311 e. The first-order chi connectivity index (χ1) is 8.74. The molecule has 1 aromatic carbocycles. The first-order valence-electron chi connectivity index (χ1n) is 6.53. The average Bonchev–Trinajstić information content (AvgIpc) is 3.07. The third-order valence-electron chi connectivity index (χ3n) is 3.65. The van der Waals surface area contributed by atoms with Crippen LogP contribution in [0.5, 0.6) is 0 Å². The van der Waals surface area contributed by atoms with Crippen LogP contribution in [0.3, 0.4) is 0 Å². The van der Waals surface area contributed by atoms with Gasteiger partial charge in [0.15, 0.2) is 0 Å². The molecule has 0 aromatic heterocycles. The van der Waals surface area contributed by atoms with Gasteiger partial charge in [0, 0.05) is 16.7 Å². The molecule has 1 aromatic rings. The standard InChI is InChI=1S/C14H17BrN2O/c15-12-4-3-11-5-6-17(13(11)7-12)14(18)9-16-8-10-1-2-10/h3-4,7,10,16H,1-2,5-6,8-9H2. The Balaban J connectivity index is 1.63. The zero-order valence-electron chi connectivity index (χ0n) is 10.3. The van der Waals surface area contributed by atoms with Crippen LogP contribution in [-0.4, -0.2) is 25.5 Å². The molecule has 0 spiro atoms. The summed E-state index contributed by atoms with van der Waals surface area (Å²) in [5.74, 6) is 1.00. The van der Waals surface area contributed by atoms with Gasteiger partial charge in [-0.25, -0.2) is 0 Å². The number of hydrogen-bond acceptors (Lipinski definition) is 2. The van der Waals surface area contributed by atoms with Crippen LogP contribution in [0.4, 0.5) is 5.69 Å². The molecule has 1 N–H and O–H groups in total. The van der Waals surface area contributed by atoms with Crippen molar-refractivity contribution in [1.82, 2.24) is 5.32 Å². The van der Waals surface area contributed by atoms with Crippen molar-refractivity contribution < 1.29 is 4.79 Å². The molecule has 0 bridgehead atoms. The van der Waals surface area contributed by atoms with Crippen molar-refractivity contribution in [2.45, 2.75) is 19.3 Å². The Morgan fingerprint density at radius 2 is 2.28 bits per heavy atom. The van der Waals surface area contributed by atoms with Gasteiger partial charge in [-0.15, -0.1) is 0 Å². The maximum absolute atomic E-state index is 12.2. The quantitative estimate of drug-likeness (QED) is 0.926. The van der Waals surface area contributed by atoms with Crippen LogP contribution < -0.4 is 10.2 Å². The summed E-state index contributed by atoms with van der Waals surface area (Å²) in [5.41, 5.74) is 2.34. The summed E-state index contributed by atoms with van der Waals surface area (Å²) in [7, 11) is 0. The van der Waals surface area contributed by atoms with Crippen molar-refractivity contribution >= 4 is 27.5 Å². The fraction of sp³-hybridized carbons (Fsp3) is 0.500. The lowest BCUT2D eigenvalue weighted by Crippen LogP contribution is -2.37. The van der Waals surface area contributed by atoms with Crippen molar-refractivity contribution in [2.75, 3.05) is 24.5 Å². The summed E-state index contributed by atoms with van der Waals surface area (Å²) >= 11 is 3.47. The Bertz CT molecular complexity index is 471. The van der Waals surface area contributed by atoms with E-state index < -0.39 is 0 Å². The van der Waals surface area contributed by atoms with E-state index in [1.165, 1.54) is 18.4 Å². The molecule has 3 nitrogen and oxygen atoms in total. The van der Waals surface area contributed by atoms with E-state index in [2.05, 4.69) is 27.3 Å². The first-order valence-corrected chi connectivity index (χ1v) is 7.33.